The highest BCUT2D eigenvalue weighted by atomic mass is 16.7. The van der Waals surface area contributed by atoms with Gasteiger partial charge in [0.25, 0.3) is 0 Å². The van der Waals surface area contributed by atoms with Crippen LogP contribution in [0.15, 0.2) is 11.1 Å². The van der Waals surface area contributed by atoms with E-state index in [-0.39, 0.29) is 52.1 Å². The fourth-order valence-corrected chi connectivity index (χ4v) is 12.5. The van der Waals surface area contributed by atoms with Crippen molar-refractivity contribution in [2.45, 2.75) is 144 Å². The van der Waals surface area contributed by atoms with Crippen LogP contribution in [0.2, 0.25) is 0 Å². The van der Waals surface area contributed by atoms with E-state index in [0.717, 1.165) is 44.1 Å². The van der Waals surface area contributed by atoms with Gasteiger partial charge in [-0.2, -0.15) is 0 Å². The van der Waals surface area contributed by atoms with Gasteiger partial charge in [0.15, 0.2) is 11.7 Å². The Morgan fingerprint density at radius 3 is 2.19 bits per heavy atom. The fraction of sp³-hybridized carbons (Fsp3) is 0.868. The lowest BCUT2D eigenvalue weighted by Gasteiger charge is -2.72. The number of hydrogen-bond donors (Lipinski definition) is 4. The maximum absolute atomic E-state index is 13.8. The number of carbonyl (C=O) groups is 3. The minimum absolute atomic E-state index is 0.0357. The molecule has 4 saturated carbocycles. The molecule has 10 nitrogen and oxygen atoms in total. The van der Waals surface area contributed by atoms with Crippen molar-refractivity contribution >= 4 is 17.5 Å². The molecule has 0 aromatic rings. The predicted octanol–water partition coefficient (Wildman–Crippen LogP) is 3.89. The van der Waals surface area contributed by atoms with Gasteiger partial charge in [0.2, 0.25) is 11.6 Å². The van der Waals surface area contributed by atoms with Gasteiger partial charge < -0.3 is 34.6 Å². The van der Waals surface area contributed by atoms with Crippen molar-refractivity contribution in [1.82, 2.24) is 0 Å². The Balaban J connectivity index is 1.32. The van der Waals surface area contributed by atoms with E-state index in [0.29, 0.717) is 24.3 Å². The van der Waals surface area contributed by atoms with Crippen molar-refractivity contribution in [3.05, 3.63) is 11.1 Å². The summed E-state index contributed by atoms with van der Waals surface area (Å²) in [5.41, 5.74) is -0.870. The second-order valence-electron chi connectivity index (χ2n) is 17.6. The van der Waals surface area contributed by atoms with E-state index in [1.54, 1.807) is 6.92 Å². The van der Waals surface area contributed by atoms with E-state index in [1.165, 1.54) is 0 Å². The predicted molar refractivity (Wildman–Crippen MR) is 175 cm³/mol. The fourth-order valence-electron chi connectivity index (χ4n) is 12.5. The lowest BCUT2D eigenvalue weighted by Crippen LogP contribution is -2.67. The highest BCUT2D eigenvalue weighted by Gasteiger charge is 2.73. The van der Waals surface area contributed by atoms with Crippen molar-refractivity contribution in [3.8, 4) is 0 Å². The summed E-state index contributed by atoms with van der Waals surface area (Å²) in [6.07, 6.45) is -0.599. The van der Waals surface area contributed by atoms with Crippen LogP contribution in [0.25, 0.3) is 0 Å². The van der Waals surface area contributed by atoms with Gasteiger partial charge in [-0.25, -0.2) is 0 Å². The van der Waals surface area contributed by atoms with Crippen LogP contribution >= 0.6 is 0 Å². The number of rotatable bonds is 6. The highest BCUT2D eigenvalue weighted by molar-refractivity contribution is 6.52. The Bertz CT molecular complexity index is 1370. The number of hydrogen-bond acceptors (Lipinski definition) is 10. The van der Waals surface area contributed by atoms with Gasteiger partial charge in [0, 0.05) is 5.57 Å². The smallest absolute Gasteiger partial charge is 0.324 e. The maximum atomic E-state index is 13.8. The molecule has 0 aromatic carbocycles. The molecule has 0 bridgehead atoms. The van der Waals surface area contributed by atoms with Gasteiger partial charge >= 0.3 is 5.97 Å². The molecule has 270 valence electrons. The summed E-state index contributed by atoms with van der Waals surface area (Å²) in [5.74, 6) is -1.24. The third kappa shape index (κ3) is 4.61. The SMILES string of the molecule is CCOC(=O)C12CCC3(C)C(CCC4C5(C)CCC(OC6O[C@H](CO)[C@@H](O)[C@H](O)[C@H]6O)C(C)(C)C5CCC43C)C1=C(C(C)C)C(=O)C2=O. The number of fused-ring (bicyclic) bond motifs is 7. The standard InChI is InChI=1S/C38H58O10/c1-9-46-33(45)38-17-16-36(7)20(26(38)25(19(2)3)28(41)31(38)44)10-11-23-35(6)14-13-24(34(4,5)22(35)12-15-37(23,36)8)48-32-30(43)29(42)27(40)21(18-39)47-32/h19-24,27,29-30,32,39-40,42-43H,9-18H2,1-8H3/t20?,21-,22?,23?,24?,27-,29+,30-,32?,35?,36?,37?,38?/m1/s1. The van der Waals surface area contributed by atoms with Crippen molar-refractivity contribution in [3.63, 3.8) is 0 Å². The molecule has 5 aliphatic carbocycles. The first-order valence-electron chi connectivity index (χ1n) is 18.3. The number of esters is 1. The summed E-state index contributed by atoms with van der Waals surface area (Å²) in [5, 5.41) is 41.1. The first-order chi connectivity index (χ1) is 22.4. The molecule has 1 saturated heterocycles. The number of aliphatic hydroxyl groups excluding tert-OH is 4. The van der Waals surface area contributed by atoms with Crippen LogP contribution in [0.5, 0.6) is 0 Å². The lowest BCUT2D eigenvalue weighted by molar-refractivity contribution is -0.331. The molecule has 6 rings (SSSR count). The molecular formula is C38H58O10. The first-order valence-corrected chi connectivity index (χ1v) is 18.3. The van der Waals surface area contributed by atoms with E-state index >= 15 is 0 Å². The number of ether oxygens (including phenoxy) is 3. The summed E-state index contributed by atoms with van der Waals surface area (Å²) >= 11 is 0. The number of carbonyl (C=O) groups excluding carboxylic acids is 3. The highest BCUT2D eigenvalue weighted by Crippen LogP contribution is 2.76. The molecule has 1 heterocycles. The van der Waals surface area contributed by atoms with Crippen molar-refractivity contribution in [2.24, 2.45) is 50.7 Å². The number of Topliss-reactive ketones (excluding diaryl/α,β-unsaturated/α-hetero) is 2. The molecule has 0 aromatic heterocycles. The summed E-state index contributed by atoms with van der Waals surface area (Å²) in [6, 6.07) is 0. The minimum atomic E-state index is -1.50. The van der Waals surface area contributed by atoms with Crippen molar-refractivity contribution < 1.29 is 49.0 Å². The lowest BCUT2D eigenvalue weighted by atomic mass is 9.33. The normalized spacial score (nSPS) is 48.5. The molecule has 48 heavy (non-hydrogen) atoms. The molecule has 0 amide bonds. The monoisotopic (exact) mass is 674 g/mol. The molecular weight excluding hydrogens is 616 g/mol. The van der Waals surface area contributed by atoms with Crippen molar-refractivity contribution in [1.29, 1.82) is 0 Å². The summed E-state index contributed by atoms with van der Waals surface area (Å²) < 4.78 is 17.8. The third-order valence-corrected chi connectivity index (χ3v) is 15.1. The molecule has 4 N–H and O–H groups in total. The van der Waals surface area contributed by atoms with Crippen LogP contribution < -0.4 is 0 Å². The van der Waals surface area contributed by atoms with Gasteiger partial charge in [-0.05, 0) is 109 Å². The molecule has 13 atom stereocenters. The van der Waals surface area contributed by atoms with Gasteiger partial charge in [-0.15, -0.1) is 0 Å². The Hall–Kier alpha value is -1.69. The number of ketones is 2. The average Bonchev–Trinajstić information content (AvgIpc) is 3.26. The maximum Gasteiger partial charge on any atom is 0.324 e. The third-order valence-electron chi connectivity index (χ3n) is 15.1. The largest absolute Gasteiger partial charge is 0.465 e. The van der Waals surface area contributed by atoms with Gasteiger partial charge in [0.1, 0.15) is 24.4 Å². The van der Waals surface area contributed by atoms with Gasteiger partial charge in [-0.1, -0.05) is 48.5 Å². The molecule has 9 unspecified atom stereocenters. The second kappa shape index (κ2) is 11.9. The van der Waals surface area contributed by atoms with Crippen LogP contribution in [0, 0.1) is 50.7 Å². The molecule has 10 heteroatoms. The molecule has 5 fully saturated rings. The van der Waals surface area contributed by atoms with E-state index in [2.05, 4.69) is 34.6 Å². The van der Waals surface area contributed by atoms with Crippen LogP contribution in [0.1, 0.15) is 107 Å². The number of aliphatic hydroxyl groups is 4. The first kappa shape index (κ1) is 36.1. The van der Waals surface area contributed by atoms with Crippen LogP contribution in [0.4, 0.5) is 0 Å². The van der Waals surface area contributed by atoms with E-state index < -0.39 is 60.3 Å². The van der Waals surface area contributed by atoms with Crippen molar-refractivity contribution in [2.75, 3.05) is 13.2 Å². The van der Waals surface area contributed by atoms with Crippen LogP contribution in [-0.4, -0.2) is 88.0 Å². The Morgan fingerprint density at radius 2 is 1.56 bits per heavy atom. The molecule has 0 spiro atoms. The Kier molecular flexibility index (Phi) is 8.98. The summed E-state index contributed by atoms with van der Waals surface area (Å²) in [7, 11) is 0. The minimum Gasteiger partial charge on any atom is -0.465 e. The summed E-state index contributed by atoms with van der Waals surface area (Å²) in [4.78, 5) is 41.2. The number of allylic oxidation sites excluding steroid dienone is 1. The molecule has 1 aliphatic heterocycles. The Labute approximate surface area is 285 Å². The van der Waals surface area contributed by atoms with E-state index in [9.17, 15) is 34.8 Å². The molecule has 0 radical (unpaired) electrons. The topological polar surface area (TPSA) is 160 Å². The average molecular weight is 675 g/mol. The van der Waals surface area contributed by atoms with E-state index in [1.807, 2.05) is 13.8 Å². The quantitative estimate of drug-likeness (QED) is 0.141. The second-order valence-corrected chi connectivity index (χ2v) is 17.6. The van der Waals surface area contributed by atoms with Crippen LogP contribution in [0.3, 0.4) is 0 Å². The van der Waals surface area contributed by atoms with Crippen LogP contribution in [-0.2, 0) is 28.6 Å². The van der Waals surface area contributed by atoms with Gasteiger partial charge in [0.05, 0.1) is 19.3 Å². The van der Waals surface area contributed by atoms with Gasteiger partial charge in [-0.3, -0.25) is 14.4 Å². The zero-order valence-electron chi connectivity index (χ0n) is 30.1. The summed E-state index contributed by atoms with van der Waals surface area (Å²) in [6.45, 7) is 17.0. The zero-order chi connectivity index (χ0) is 35.4. The molecule has 6 aliphatic rings. The van der Waals surface area contributed by atoms with E-state index in [4.69, 9.17) is 14.2 Å². The Morgan fingerprint density at radius 1 is 0.875 bits per heavy atom. The zero-order valence-corrected chi connectivity index (χ0v) is 30.1.